The van der Waals surface area contributed by atoms with Crippen molar-refractivity contribution >= 4 is 23.3 Å². The maximum absolute atomic E-state index is 10.3. The molecule has 1 aromatic heterocycles. The SMILES string of the molecule is Nc1cccnc1Nc1ccc(CCNC(=O)O)cc1. The number of nitrogens with one attached hydrogen (secondary N) is 2. The van der Waals surface area contributed by atoms with Crippen LogP contribution in [-0.4, -0.2) is 22.7 Å². The molecule has 2 aromatic rings. The number of anilines is 3. The van der Waals surface area contributed by atoms with Crippen LogP contribution in [0.5, 0.6) is 0 Å². The van der Waals surface area contributed by atoms with Gasteiger partial charge in [0.15, 0.2) is 5.82 Å². The van der Waals surface area contributed by atoms with E-state index in [-0.39, 0.29) is 0 Å². The number of pyridine rings is 1. The second-order valence-corrected chi connectivity index (χ2v) is 4.25. The summed E-state index contributed by atoms with van der Waals surface area (Å²) in [5.74, 6) is 0.618. The van der Waals surface area contributed by atoms with E-state index >= 15 is 0 Å². The number of rotatable bonds is 5. The summed E-state index contributed by atoms with van der Waals surface area (Å²) < 4.78 is 0. The van der Waals surface area contributed by atoms with Gasteiger partial charge in [0.2, 0.25) is 0 Å². The Morgan fingerprint density at radius 2 is 2.00 bits per heavy atom. The second kappa shape index (κ2) is 6.42. The lowest BCUT2D eigenvalue weighted by Crippen LogP contribution is -2.23. The summed E-state index contributed by atoms with van der Waals surface area (Å²) in [4.78, 5) is 14.5. The molecule has 104 valence electrons. The second-order valence-electron chi connectivity index (χ2n) is 4.25. The summed E-state index contributed by atoms with van der Waals surface area (Å²) in [6.45, 7) is 0.398. The summed E-state index contributed by atoms with van der Waals surface area (Å²) in [5.41, 5.74) is 8.32. The third kappa shape index (κ3) is 3.88. The number of nitrogens with zero attached hydrogens (tertiary/aromatic N) is 1. The van der Waals surface area contributed by atoms with E-state index < -0.39 is 6.09 Å². The monoisotopic (exact) mass is 272 g/mol. The van der Waals surface area contributed by atoms with Crippen molar-refractivity contribution in [3.8, 4) is 0 Å². The Bertz CT molecular complexity index is 584. The molecule has 1 aromatic carbocycles. The largest absolute Gasteiger partial charge is 0.465 e. The Morgan fingerprint density at radius 3 is 2.65 bits per heavy atom. The minimum atomic E-state index is -1.01. The number of amides is 1. The van der Waals surface area contributed by atoms with Crippen molar-refractivity contribution in [1.82, 2.24) is 10.3 Å². The van der Waals surface area contributed by atoms with E-state index in [1.54, 1.807) is 18.3 Å². The van der Waals surface area contributed by atoms with E-state index in [1.165, 1.54) is 0 Å². The van der Waals surface area contributed by atoms with E-state index in [0.29, 0.717) is 24.5 Å². The molecular weight excluding hydrogens is 256 g/mol. The van der Waals surface area contributed by atoms with Crippen LogP contribution in [0.3, 0.4) is 0 Å². The van der Waals surface area contributed by atoms with Gasteiger partial charge in [-0.25, -0.2) is 9.78 Å². The zero-order valence-corrected chi connectivity index (χ0v) is 10.8. The van der Waals surface area contributed by atoms with Crippen LogP contribution in [0, 0.1) is 0 Å². The predicted molar refractivity (Wildman–Crippen MR) is 78.1 cm³/mol. The van der Waals surface area contributed by atoms with E-state index in [9.17, 15) is 4.79 Å². The summed E-state index contributed by atoms with van der Waals surface area (Å²) in [5, 5.41) is 13.9. The Balaban J connectivity index is 1.95. The molecule has 0 fully saturated rings. The third-order valence-electron chi connectivity index (χ3n) is 2.75. The lowest BCUT2D eigenvalue weighted by atomic mass is 10.1. The molecule has 0 saturated heterocycles. The molecule has 0 aliphatic carbocycles. The molecule has 0 aliphatic heterocycles. The predicted octanol–water partition coefficient (Wildman–Crippen LogP) is 2.22. The van der Waals surface area contributed by atoms with Crippen molar-refractivity contribution in [1.29, 1.82) is 0 Å². The highest BCUT2D eigenvalue weighted by molar-refractivity contribution is 5.68. The molecule has 5 N–H and O–H groups in total. The first-order chi connectivity index (χ1) is 9.65. The third-order valence-corrected chi connectivity index (χ3v) is 2.75. The van der Waals surface area contributed by atoms with Crippen LogP contribution >= 0.6 is 0 Å². The van der Waals surface area contributed by atoms with Gasteiger partial charge in [-0.05, 0) is 36.2 Å². The van der Waals surface area contributed by atoms with E-state index in [0.717, 1.165) is 11.3 Å². The maximum atomic E-state index is 10.3. The number of nitrogen functional groups attached to an aromatic ring is 1. The van der Waals surface area contributed by atoms with E-state index in [2.05, 4.69) is 15.6 Å². The smallest absolute Gasteiger partial charge is 0.404 e. The van der Waals surface area contributed by atoms with Gasteiger partial charge in [-0.15, -0.1) is 0 Å². The first kappa shape index (κ1) is 13.7. The number of hydrogen-bond donors (Lipinski definition) is 4. The summed E-state index contributed by atoms with van der Waals surface area (Å²) in [7, 11) is 0. The quantitative estimate of drug-likeness (QED) is 0.668. The summed E-state index contributed by atoms with van der Waals surface area (Å²) in [6, 6.07) is 11.2. The Labute approximate surface area is 116 Å². The van der Waals surface area contributed by atoms with Crippen LogP contribution in [-0.2, 0) is 6.42 Å². The fourth-order valence-corrected chi connectivity index (χ4v) is 1.73. The number of aromatic nitrogens is 1. The molecule has 0 spiro atoms. The van der Waals surface area contributed by atoms with Gasteiger partial charge < -0.3 is 21.5 Å². The van der Waals surface area contributed by atoms with Crippen LogP contribution in [0.1, 0.15) is 5.56 Å². The molecule has 0 atom stereocenters. The number of carboxylic acid groups (broad SMARTS) is 1. The fourth-order valence-electron chi connectivity index (χ4n) is 1.73. The zero-order valence-electron chi connectivity index (χ0n) is 10.8. The average molecular weight is 272 g/mol. The molecule has 2 rings (SSSR count). The minimum Gasteiger partial charge on any atom is -0.465 e. The van der Waals surface area contributed by atoms with Crippen molar-refractivity contribution in [2.75, 3.05) is 17.6 Å². The first-order valence-electron chi connectivity index (χ1n) is 6.18. The molecule has 0 aliphatic rings. The highest BCUT2D eigenvalue weighted by Gasteiger charge is 2.01. The first-order valence-corrected chi connectivity index (χ1v) is 6.18. The molecule has 1 amide bonds. The van der Waals surface area contributed by atoms with Crippen molar-refractivity contribution in [2.45, 2.75) is 6.42 Å². The number of benzene rings is 1. The van der Waals surface area contributed by atoms with Crippen molar-refractivity contribution in [3.05, 3.63) is 48.2 Å². The molecule has 1 heterocycles. The molecule has 6 nitrogen and oxygen atoms in total. The van der Waals surface area contributed by atoms with E-state index in [1.807, 2.05) is 24.3 Å². The van der Waals surface area contributed by atoms with Gasteiger partial charge in [-0.1, -0.05) is 12.1 Å². The van der Waals surface area contributed by atoms with Gasteiger partial charge in [-0.3, -0.25) is 0 Å². The van der Waals surface area contributed by atoms with Crippen LogP contribution in [0.15, 0.2) is 42.6 Å². The van der Waals surface area contributed by atoms with Crippen molar-refractivity contribution in [3.63, 3.8) is 0 Å². The Hall–Kier alpha value is -2.76. The van der Waals surface area contributed by atoms with Crippen LogP contribution in [0.2, 0.25) is 0 Å². The standard InChI is InChI=1S/C14H16N4O2/c15-12-2-1-8-16-13(12)18-11-5-3-10(4-6-11)7-9-17-14(19)20/h1-6,8,17H,7,9,15H2,(H,16,18)(H,19,20). The zero-order chi connectivity index (χ0) is 14.4. The van der Waals surface area contributed by atoms with Crippen LogP contribution in [0.25, 0.3) is 0 Å². The number of carbonyl (C=O) groups is 1. The van der Waals surface area contributed by atoms with Gasteiger partial charge in [0.05, 0.1) is 5.69 Å². The maximum Gasteiger partial charge on any atom is 0.404 e. The summed E-state index contributed by atoms with van der Waals surface area (Å²) in [6.07, 6.45) is 1.32. The van der Waals surface area contributed by atoms with Gasteiger partial charge >= 0.3 is 6.09 Å². The molecule has 0 unspecified atom stereocenters. The van der Waals surface area contributed by atoms with Crippen molar-refractivity contribution in [2.24, 2.45) is 0 Å². The Morgan fingerprint density at radius 1 is 1.25 bits per heavy atom. The molecule has 20 heavy (non-hydrogen) atoms. The summed E-state index contributed by atoms with van der Waals surface area (Å²) >= 11 is 0. The van der Waals surface area contributed by atoms with Gasteiger partial charge in [0.1, 0.15) is 0 Å². The molecule has 0 radical (unpaired) electrons. The minimum absolute atomic E-state index is 0.398. The lowest BCUT2D eigenvalue weighted by Gasteiger charge is -2.08. The van der Waals surface area contributed by atoms with Crippen molar-refractivity contribution < 1.29 is 9.90 Å². The normalized spacial score (nSPS) is 10.0. The van der Waals surface area contributed by atoms with E-state index in [4.69, 9.17) is 10.8 Å². The molecule has 0 saturated carbocycles. The number of nitrogens with two attached hydrogens (primary N) is 1. The lowest BCUT2D eigenvalue weighted by molar-refractivity contribution is 0.194. The topological polar surface area (TPSA) is 100 Å². The molecular formula is C14H16N4O2. The van der Waals surface area contributed by atoms with Crippen LogP contribution < -0.4 is 16.4 Å². The van der Waals surface area contributed by atoms with Gasteiger partial charge in [0.25, 0.3) is 0 Å². The molecule has 6 heteroatoms. The number of hydrogen-bond acceptors (Lipinski definition) is 4. The fraction of sp³-hybridized carbons (Fsp3) is 0.143. The Kier molecular flexibility index (Phi) is 4.39. The highest BCUT2D eigenvalue weighted by atomic mass is 16.4. The average Bonchev–Trinajstić information content (AvgIpc) is 2.43. The van der Waals surface area contributed by atoms with Gasteiger partial charge in [0, 0.05) is 18.4 Å². The highest BCUT2D eigenvalue weighted by Crippen LogP contribution is 2.20. The molecule has 0 bridgehead atoms. The van der Waals surface area contributed by atoms with Gasteiger partial charge in [-0.2, -0.15) is 0 Å². The van der Waals surface area contributed by atoms with Crippen LogP contribution in [0.4, 0.5) is 22.0 Å².